The summed E-state index contributed by atoms with van der Waals surface area (Å²) in [6, 6.07) is 3.44. The van der Waals surface area contributed by atoms with Gasteiger partial charge in [-0.3, -0.25) is 0 Å². The van der Waals surface area contributed by atoms with E-state index >= 15 is 0 Å². The Morgan fingerprint density at radius 2 is 1.88 bits per heavy atom. The lowest BCUT2D eigenvalue weighted by atomic mass is 9.98. The van der Waals surface area contributed by atoms with Crippen LogP contribution in [0, 0.1) is 13.8 Å². The molecule has 0 spiro atoms. The van der Waals surface area contributed by atoms with Crippen LogP contribution >= 0.6 is 0 Å². The number of aryl methyl sites for hydroxylation is 2. The van der Waals surface area contributed by atoms with Crippen LogP contribution < -0.4 is 10.1 Å². The molecule has 1 aromatic rings. The molecule has 1 unspecified atom stereocenters. The zero-order chi connectivity index (χ0) is 13.0. The van der Waals surface area contributed by atoms with Crippen LogP contribution in [0.15, 0.2) is 12.1 Å². The quantitative estimate of drug-likeness (QED) is 0.810. The lowest BCUT2D eigenvalue weighted by Gasteiger charge is -2.18. The zero-order valence-electron chi connectivity index (χ0n) is 11.0. The fourth-order valence-corrected chi connectivity index (χ4v) is 1.86. The van der Waals surface area contributed by atoms with Crippen LogP contribution in [0.1, 0.15) is 22.7 Å². The molecule has 4 heteroatoms. The Morgan fingerprint density at radius 3 is 2.35 bits per heavy atom. The molecule has 1 atom stereocenters. The number of methoxy groups -OCH3 is 2. The first-order valence-electron chi connectivity index (χ1n) is 5.45. The van der Waals surface area contributed by atoms with Gasteiger partial charge >= 0.3 is 5.97 Å². The lowest BCUT2D eigenvalue weighted by Crippen LogP contribution is -2.27. The molecule has 0 amide bonds. The maximum atomic E-state index is 11.6. The molecule has 1 N–H and O–H groups in total. The van der Waals surface area contributed by atoms with E-state index in [0.717, 1.165) is 22.4 Å². The normalized spacial score (nSPS) is 12.1. The number of likely N-dealkylation sites (N-methyl/N-ethyl adjacent to an activating group) is 1. The first-order chi connectivity index (χ1) is 8.04. The van der Waals surface area contributed by atoms with Crippen molar-refractivity contribution in [1.29, 1.82) is 0 Å². The highest BCUT2D eigenvalue weighted by Crippen LogP contribution is 2.27. The van der Waals surface area contributed by atoms with Crippen molar-refractivity contribution in [2.45, 2.75) is 19.9 Å². The summed E-state index contributed by atoms with van der Waals surface area (Å²) in [6.45, 7) is 3.90. The van der Waals surface area contributed by atoms with Crippen LogP contribution in [-0.4, -0.2) is 27.2 Å². The zero-order valence-corrected chi connectivity index (χ0v) is 11.0. The van der Waals surface area contributed by atoms with Crippen LogP contribution in [0.25, 0.3) is 0 Å². The summed E-state index contributed by atoms with van der Waals surface area (Å²) in [6.07, 6.45) is 0. The van der Waals surface area contributed by atoms with Gasteiger partial charge in [-0.25, -0.2) is 4.79 Å². The second-order valence-electron chi connectivity index (χ2n) is 3.92. The van der Waals surface area contributed by atoms with E-state index in [1.807, 2.05) is 26.0 Å². The predicted octanol–water partition coefficient (Wildman–Crippen LogP) is 1.75. The van der Waals surface area contributed by atoms with Gasteiger partial charge in [-0.1, -0.05) is 0 Å². The van der Waals surface area contributed by atoms with Gasteiger partial charge in [0.1, 0.15) is 11.8 Å². The number of rotatable bonds is 4. The van der Waals surface area contributed by atoms with Gasteiger partial charge in [0.15, 0.2) is 0 Å². The second-order valence-corrected chi connectivity index (χ2v) is 3.92. The van der Waals surface area contributed by atoms with Gasteiger partial charge in [-0.15, -0.1) is 0 Å². The predicted molar refractivity (Wildman–Crippen MR) is 66.3 cm³/mol. The molecular formula is C13H19NO3. The van der Waals surface area contributed by atoms with E-state index in [9.17, 15) is 4.79 Å². The fourth-order valence-electron chi connectivity index (χ4n) is 1.86. The van der Waals surface area contributed by atoms with E-state index in [4.69, 9.17) is 9.47 Å². The monoisotopic (exact) mass is 237 g/mol. The molecule has 0 aliphatic heterocycles. The Morgan fingerprint density at radius 1 is 1.24 bits per heavy atom. The van der Waals surface area contributed by atoms with E-state index < -0.39 is 6.04 Å². The smallest absolute Gasteiger partial charge is 0.327 e. The number of carbonyl (C=O) groups is 1. The van der Waals surface area contributed by atoms with Crippen LogP contribution in [0.3, 0.4) is 0 Å². The molecule has 94 valence electrons. The van der Waals surface area contributed by atoms with Crippen molar-refractivity contribution in [2.75, 3.05) is 21.3 Å². The van der Waals surface area contributed by atoms with Gasteiger partial charge in [0.25, 0.3) is 0 Å². The summed E-state index contributed by atoms with van der Waals surface area (Å²) in [5.41, 5.74) is 2.91. The highest BCUT2D eigenvalue weighted by Gasteiger charge is 2.22. The van der Waals surface area contributed by atoms with Crippen LogP contribution in [0.2, 0.25) is 0 Å². The standard InChI is InChI=1S/C13H19NO3/c1-8-7-11(16-4)9(2)6-10(8)12(14-3)13(15)17-5/h6-7,12,14H,1-5H3. The van der Waals surface area contributed by atoms with E-state index in [-0.39, 0.29) is 5.97 Å². The number of carbonyl (C=O) groups excluding carboxylic acids is 1. The van der Waals surface area contributed by atoms with Gasteiger partial charge in [0.2, 0.25) is 0 Å². The highest BCUT2D eigenvalue weighted by atomic mass is 16.5. The summed E-state index contributed by atoms with van der Waals surface area (Å²) in [7, 11) is 4.76. The molecular weight excluding hydrogens is 218 g/mol. The van der Waals surface area contributed by atoms with Gasteiger partial charge in [0.05, 0.1) is 14.2 Å². The summed E-state index contributed by atoms with van der Waals surface area (Å²) in [4.78, 5) is 11.6. The van der Waals surface area contributed by atoms with E-state index in [1.54, 1.807) is 14.2 Å². The number of hydrogen-bond donors (Lipinski definition) is 1. The molecule has 0 aromatic heterocycles. The lowest BCUT2D eigenvalue weighted by molar-refractivity contribution is -0.143. The minimum atomic E-state index is -0.440. The number of ether oxygens (including phenoxy) is 2. The van der Waals surface area contributed by atoms with Gasteiger partial charge in [0, 0.05) is 0 Å². The molecule has 0 aliphatic rings. The summed E-state index contributed by atoms with van der Waals surface area (Å²) in [5, 5.41) is 2.96. The molecule has 17 heavy (non-hydrogen) atoms. The summed E-state index contributed by atoms with van der Waals surface area (Å²) in [5.74, 6) is 0.533. The molecule has 0 heterocycles. The van der Waals surface area contributed by atoms with Crippen molar-refractivity contribution in [3.63, 3.8) is 0 Å². The molecule has 1 aromatic carbocycles. The Balaban J connectivity index is 3.21. The Kier molecular flexibility index (Phi) is 4.52. The SMILES string of the molecule is CNC(C(=O)OC)c1cc(C)c(OC)cc1C. The van der Waals surface area contributed by atoms with E-state index in [2.05, 4.69) is 5.32 Å². The minimum Gasteiger partial charge on any atom is -0.496 e. The van der Waals surface area contributed by atoms with Crippen molar-refractivity contribution in [2.24, 2.45) is 0 Å². The average molecular weight is 237 g/mol. The first kappa shape index (κ1) is 13.5. The van der Waals surface area contributed by atoms with Crippen molar-refractivity contribution >= 4 is 5.97 Å². The Bertz CT molecular complexity index is 415. The maximum absolute atomic E-state index is 11.6. The summed E-state index contributed by atoms with van der Waals surface area (Å²) < 4.78 is 10.0. The molecule has 0 fully saturated rings. The second kappa shape index (κ2) is 5.68. The minimum absolute atomic E-state index is 0.292. The Labute approximate surface area is 102 Å². The van der Waals surface area contributed by atoms with Crippen molar-refractivity contribution < 1.29 is 14.3 Å². The van der Waals surface area contributed by atoms with Gasteiger partial charge in [-0.05, 0) is 49.7 Å². The van der Waals surface area contributed by atoms with Crippen LogP contribution in [0.4, 0.5) is 0 Å². The fraction of sp³-hybridized carbons (Fsp3) is 0.462. The molecule has 0 bridgehead atoms. The van der Waals surface area contributed by atoms with E-state index in [0.29, 0.717) is 0 Å². The number of nitrogens with one attached hydrogen (secondary N) is 1. The third-order valence-corrected chi connectivity index (χ3v) is 2.82. The molecule has 0 saturated carbocycles. The molecule has 0 aliphatic carbocycles. The van der Waals surface area contributed by atoms with Crippen LogP contribution in [0.5, 0.6) is 5.75 Å². The number of benzene rings is 1. The third-order valence-electron chi connectivity index (χ3n) is 2.82. The number of esters is 1. The Hall–Kier alpha value is -1.55. The first-order valence-corrected chi connectivity index (χ1v) is 5.45. The molecule has 0 radical (unpaired) electrons. The van der Waals surface area contributed by atoms with Gasteiger partial charge in [-0.2, -0.15) is 0 Å². The van der Waals surface area contributed by atoms with Crippen molar-refractivity contribution in [3.05, 3.63) is 28.8 Å². The maximum Gasteiger partial charge on any atom is 0.327 e. The number of hydrogen-bond acceptors (Lipinski definition) is 4. The highest BCUT2D eigenvalue weighted by molar-refractivity contribution is 5.78. The van der Waals surface area contributed by atoms with Crippen molar-refractivity contribution in [3.8, 4) is 5.75 Å². The van der Waals surface area contributed by atoms with E-state index in [1.165, 1.54) is 7.11 Å². The molecule has 1 rings (SSSR count). The third kappa shape index (κ3) is 2.77. The molecule has 4 nitrogen and oxygen atoms in total. The molecule has 0 saturated heterocycles. The van der Waals surface area contributed by atoms with Crippen LogP contribution in [-0.2, 0) is 9.53 Å². The average Bonchev–Trinajstić information content (AvgIpc) is 2.33. The van der Waals surface area contributed by atoms with Gasteiger partial charge < -0.3 is 14.8 Å². The topological polar surface area (TPSA) is 47.6 Å². The summed E-state index contributed by atoms with van der Waals surface area (Å²) >= 11 is 0. The van der Waals surface area contributed by atoms with Crippen molar-refractivity contribution in [1.82, 2.24) is 5.32 Å². The largest absolute Gasteiger partial charge is 0.496 e.